The first kappa shape index (κ1) is 48.1. The number of anilines is 6. The van der Waals surface area contributed by atoms with Gasteiger partial charge in [-0.15, -0.1) is 0 Å². The van der Waals surface area contributed by atoms with Crippen LogP contribution < -0.4 is 9.80 Å². The third-order valence-corrected chi connectivity index (χ3v) is 19.2. The fourth-order valence-corrected chi connectivity index (χ4v) is 15.4. The van der Waals surface area contributed by atoms with Crippen molar-refractivity contribution in [2.75, 3.05) is 9.80 Å². The highest BCUT2D eigenvalue weighted by atomic mass is 16.3. The number of nitrogens with zero attached hydrogens (tertiary/aromatic N) is 2. The molecule has 4 nitrogen and oxygen atoms in total. The predicted molar refractivity (Wildman–Crippen MR) is 345 cm³/mol. The second kappa shape index (κ2) is 19.2. The molecule has 2 aromatic heterocycles. The first-order chi connectivity index (χ1) is 41.2. The van der Waals surface area contributed by atoms with Crippen LogP contribution in [0.4, 0.5) is 34.1 Å². The molecule has 0 spiro atoms. The maximum atomic E-state index is 6.82. The van der Waals surface area contributed by atoms with Crippen molar-refractivity contribution in [1.29, 1.82) is 0 Å². The van der Waals surface area contributed by atoms with E-state index in [-0.39, 0.29) is 0 Å². The molecule has 12 aromatic carbocycles. The fraction of sp³-hybridized carbons (Fsp3) is 0.139. The monoisotopic (exact) mass is 1070 g/mol. The summed E-state index contributed by atoms with van der Waals surface area (Å²) in [6.07, 6.45) is 10.3. The van der Waals surface area contributed by atoms with Crippen LogP contribution in [0.25, 0.3) is 76.5 Å². The highest BCUT2D eigenvalue weighted by Gasteiger charge is 2.48. The molecule has 17 rings (SSSR count). The molecule has 2 saturated carbocycles. The van der Waals surface area contributed by atoms with Crippen LogP contribution >= 0.6 is 0 Å². The van der Waals surface area contributed by atoms with E-state index in [9.17, 15) is 0 Å². The van der Waals surface area contributed by atoms with Crippen LogP contribution in [0, 0.1) is 0 Å². The van der Waals surface area contributed by atoms with Crippen LogP contribution in [0.2, 0.25) is 0 Å². The fourth-order valence-electron chi connectivity index (χ4n) is 15.4. The molecule has 398 valence electrons. The van der Waals surface area contributed by atoms with Gasteiger partial charge in [-0.1, -0.05) is 208 Å². The topological polar surface area (TPSA) is 32.8 Å². The van der Waals surface area contributed by atoms with E-state index in [0.29, 0.717) is 11.8 Å². The smallest absolute Gasteiger partial charge is 0.159 e. The number of rotatable bonds is 10. The van der Waals surface area contributed by atoms with Gasteiger partial charge in [0.15, 0.2) is 11.2 Å². The molecule has 0 radical (unpaired) electrons. The van der Waals surface area contributed by atoms with E-state index in [0.717, 1.165) is 78.0 Å². The molecule has 0 atom stereocenters. The summed E-state index contributed by atoms with van der Waals surface area (Å²) in [7, 11) is 0. The molecule has 0 aliphatic heterocycles. The maximum Gasteiger partial charge on any atom is 0.159 e. The quantitative estimate of drug-likeness (QED) is 0.137. The number of hydrogen-bond acceptors (Lipinski definition) is 4. The molecular formula is C79H60N2O2. The van der Waals surface area contributed by atoms with Gasteiger partial charge in [-0.05, 0) is 176 Å². The molecule has 14 aromatic rings. The summed E-state index contributed by atoms with van der Waals surface area (Å²) >= 11 is 0. The molecule has 0 amide bonds. The lowest BCUT2D eigenvalue weighted by Gasteiger charge is -2.36. The summed E-state index contributed by atoms with van der Waals surface area (Å²) in [5, 5.41) is 9.28. The summed E-state index contributed by atoms with van der Waals surface area (Å²) in [6, 6.07) is 95.2. The first-order valence-electron chi connectivity index (χ1n) is 30.0. The summed E-state index contributed by atoms with van der Waals surface area (Å²) in [5.74, 6) is 1.25. The van der Waals surface area contributed by atoms with Crippen molar-refractivity contribution in [3.63, 3.8) is 0 Å². The van der Waals surface area contributed by atoms with Gasteiger partial charge in [0, 0.05) is 44.3 Å². The summed E-state index contributed by atoms with van der Waals surface area (Å²) in [5.41, 5.74) is 19.7. The molecule has 3 aliphatic rings. The molecule has 0 N–H and O–H groups in total. The van der Waals surface area contributed by atoms with Crippen molar-refractivity contribution in [1.82, 2.24) is 0 Å². The van der Waals surface area contributed by atoms with Crippen LogP contribution in [-0.2, 0) is 5.41 Å². The SMILES string of the molecule is c1ccc(C2(c3ccccc3)c3c(ccc4cc(N(c5ccc(C6CCCC6)cc5)c5cccc6c5oc5ccccc56)ccc34)-c3ccc4cc(N(c5ccc(C6CCCC6)cc5)c5cccc6c5oc5ccccc56)ccc4c32)cc1. The summed E-state index contributed by atoms with van der Waals surface area (Å²) < 4.78 is 13.6. The predicted octanol–water partition coefficient (Wildman–Crippen LogP) is 22.4. The van der Waals surface area contributed by atoms with Crippen molar-refractivity contribution in [3.8, 4) is 11.1 Å². The number of fused-ring (bicyclic) bond motifs is 13. The molecule has 2 heterocycles. The van der Waals surface area contributed by atoms with Gasteiger partial charge in [-0.3, -0.25) is 0 Å². The van der Waals surface area contributed by atoms with E-state index in [1.807, 2.05) is 0 Å². The van der Waals surface area contributed by atoms with Crippen LogP contribution in [-0.4, -0.2) is 0 Å². The zero-order valence-corrected chi connectivity index (χ0v) is 46.3. The first-order valence-corrected chi connectivity index (χ1v) is 30.0. The van der Waals surface area contributed by atoms with E-state index >= 15 is 0 Å². The van der Waals surface area contributed by atoms with Gasteiger partial charge in [0.1, 0.15) is 11.2 Å². The van der Waals surface area contributed by atoms with E-state index in [1.54, 1.807) is 0 Å². The van der Waals surface area contributed by atoms with E-state index in [4.69, 9.17) is 8.83 Å². The molecule has 83 heavy (non-hydrogen) atoms. The van der Waals surface area contributed by atoms with Crippen LogP contribution in [0.5, 0.6) is 0 Å². The van der Waals surface area contributed by atoms with Crippen LogP contribution in [0.1, 0.15) is 96.6 Å². The molecule has 0 bridgehead atoms. The van der Waals surface area contributed by atoms with E-state index in [2.05, 4.69) is 265 Å². The minimum atomic E-state index is -0.680. The van der Waals surface area contributed by atoms with Crippen molar-refractivity contribution < 1.29 is 8.83 Å². The Hall–Kier alpha value is -9.64. The number of hydrogen-bond donors (Lipinski definition) is 0. The number of para-hydroxylation sites is 4. The summed E-state index contributed by atoms with van der Waals surface area (Å²) in [6.45, 7) is 0. The minimum absolute atomic E-state index is 0.624. The van der Waals surface area contributed by atoms with Gasteiger partial charge < -0.3 is 18.6 Å². The normalized spacial score (nSPS) is 15.1. The van der Waals surface area contributed by atoms with Crippen molar-refractivity contribution in [2.24, 2.45) is 0 Å². The minimum Gasteiger partial charge on any atom is -0.454 e. The van der Waals surface area contributed by atoms with Crippen molar-refractivity contribution in [3.05, 3.63) is 288 Å². The lowest BCUT2D eigenvalue weighted by Crippen LogP contribution is -2.29. The van der Waals surface area contributed by atoms with Gasteiger partial charge in [0.05, 0.1) is 16.8 Å². The highest BCUT2D eigenvalue weighted by Crippen LogP contribution is 2.61. The van der Waals surface area contributed by atoms with Crippen LogP contribution in [0.3, 0.4) is 0 Å². The molecule has 3 aliphatic carbocycles. The maximum absolute atomic E-state index is 6.82. The Morgan fingerprint density at radius 2 is 0.699 bits per heavy atom. The Balaban J connectivity index is 0.865. The van der Waals surface area contributed by atoms with Gasteiger partial charge in [0.25, 0.3) is 0 Å². The van der Waals surface area contributed by atoms with Crippen molar-refractivity contribution >= 4 is 99.5 Å². The molecule has 0 unspecified atom stereocenters. The largest absolute Gasteiger partial charge is 0.454 e. The van der Waals surface area contributed by atoms with E-state index in [1.165, 1.54) is 117 Å². The van der Waals surface area contributed by atoms with Gasteiger partial charge in [-0.2, -0.15) is 0 Å². The summed E-state index contributed by atoms with van der Waals surface area (Å²) in [4.78, 5) is 4.83. The van der Waals surface area contributed by atoms with Crippen LogP contribution in [0.15, 0.2) is 264 Å². The lowest BCUT2D eigenvalue weighted by molar-refractivity contribution is 0.668. The number of benzene rings is 12. The Bertz CT molecular complexity index is 4500. The second-order valence-electron chi connectivity index (χ2n) is 23.6. The zero-order valence-electron chi connectivity index (χ0n) is 46.3. The van der Waals surface area contributed by atoms with E-state index < -0.39 is 5.41 Å². The third kappa shape index (κ3) is 7.51. The van der Waals surface area contributed by atoms with Gasteiger partial charge >= 0.3 is 0 Å². The van der Waals surface area contributed by atoms with Gasteiger partial charge in [-0.25, -0.2) is 0 Å². The Labute approximate surface area is 483 Å². The molecule has 2 fully saturated rings. The standard InChI is InChI=1S/C79H60N2O2/c1-3-21-57(22-4-1)79(58-23-5-2-6-24-58)75-63-47-43-61(80(59-39-33-53(34-40-59)51-17-7-8-18-51)71-29-15-27-69-65-25-11-13-31-73(65)82-77(69)71)49-55(63)37-45-67(75)68-46-38-56-50-62(44-48-64(56)76(68)79)81(60-41-35-54(36-42-60)52-19-9-10-20-52)72-30-16-28-70-66-26-12-14-32-74(66)83-78(70)72/h1-6,11-16,21-52H,7-10,17-20H2. The second-order valence-corrected chi connectivity index (χ2v) is 23.6. The average Bonchev–Trinajstić information content (AvgIpc) is 1.83. The highest BCUT2D eigenvalue weighted by molar-refractivity contribution is 6.13. The third-order valence-electron chi connectivity index (χ3n) is 19.2. The average molecular weight is 1070 g/mol. The zero-order chi connectivity index (χ0) is 54.6. The number of furan rings is 2. The molecule has 0 saturated heterocycles. The molecular weight excluding hydrogens is 1010 g/mol. The Kier molecular flexibility index (Phi) is 11.2. The Morgan fingerprint density at radius 3 is 1.13 bits per heavy atom. The van der Waals surface area contributed by atoms with Crippen molar-refractivity contribution in [2.45, 2.75) is 68.6 Å². The lowest BCUT2D eigenvalue weighted by atomic mass is 9.66. The molecule has 4 heteroatoms. The van der Waals surface area contributed by atoms with Gasteiger partial charge in [0.2, 0.25) is 0 Å². The Morgan fingerprint density at radius 1 is 0.313 bits per heavy atom.